The Morgan fingerprint density at radius 3 is 2.71 bits per heavy atom. The van der Waals surface area contributed by atoms with Gasteiger partial charge in [0.2, 0.25) is 0 Å². The topological polar surface area (TPSA) is 51.5 Å². The molecule has 0 bridgehead atoms. The minimum absolute atomic E-state index is 0.240. The molecule has 1 aromatic carbocycles. The molecule has 17 heavy (non-hydrogen) atoms. The fraction of sp³-hybridized carbons (Fsp3) is 0.154. The van der Waals surface area contributed by atoms with E-state index >= 15 is 0 Å². The lowest BCUT2D eigenvalue weighted by atomic mass is 10.3. The minimum Gasteiger partial charge on any atom is -0.486 e. The Morgan fingerprint density at radius 1 is 1.24 bits per heavy atom. The Labute approximate surface area is 99.2 Å². The van der Waals surface area contributed by atoms with Crippen molar-refractivity contribution in [2.45, 2.75) is 6.61 Å². The molecule has 0 spiro atoms. The van der Waals surface area contributed by atoms with E-state index in [4.69, 9.17) is 9.15 Å². The molecule has 0 aliphatic carbocycles. The molecule has 4 heteroatoms. The summed E-state index contributed by atoms with van der Waals surface area (Å²) in [5.41, 5.74) is 0. The molecule has 0 aliphatic rings. The van der Waals surface area contributed by atoms with Crippen molar-refractivity contribution in [3.8, 4) is 5.75 Å². The third-order valence-electron chi connectivity index (χ3n) is 2.24. The summed E-state index contributed by atoms with van der Waals surface area (Å²) < 4.78 is 10.8. The third kappa shape index (κ3) is 2.87. The third-order valence-corrected chi connectivity index (χ3v) is 2.24. The number of amides is 1. The Balaban J connectivity index is 1.96. The second-order valence-electron chi connectivity index (χ2n) is 3.45. The van der Waals surface area contributed by atoms with Gasteiger partial charge in [-0.25, -0.2) is 0 Å². The molecular formula is C13H13NO3. The van der Waals surface area contributed by atoms with Gasteiger partial charge in [0, 0.05) is 7.05 Å². The Bertz CT molecular complexity index is 490. The maximum atomic E-state index is 11.3. The van der Waals surface area contributed by atoms with Gasteiger partial charge in [0.1, 0.15) is 18.1 Å². The van der Waals surface area contributed by atoms with Crippen molar-refractivity contribution >= 4 is 5.91 Å². The van der Waals surface area contributed by atoms with Crippen molar-refractivity contribution in [1.82, 2.24) is 5.32 Å². The van der Waals surface area contributed by atoms with Crippen molar-refractivity contribution in [2.24, 2.45) is 0 Å². The van der Waals surface area contributed by atoms with Crippen LogP contribution in [0.5, 0.6) is 5.75 Å². The number of carbonyl (C=O) groups is 1. The predicted molar refractivity (Wildman–Crippen MR) is 62.9 cm³/mol. The average molecular weight is 231 g/mol. The molecule has 0 radical (unpaired) electrons. The van der Waals surface area contributed by atoms with E-state index in [0.29, 0.717) is 18.1 Å². The number of carbonyl (C=O) groups excluding carboxylic acids is 1. The SMILES string of the molecule is CNC(=O)c1ccc(COc2ccccc2)o1. The highest BCUT2D eigenvalue weighted by molar-refractivity contribution is 5.91. The van der Waals surface area contributed by atoms with Gasteiger partial charge in [0.05, 0.1) is 0 Å². The minimum atomic E-state index is -0.240. The number of para-hydroxylation sites is 1. The molecule has 88 valence electrons. The summed E-state index contributed by atoms with van der Waals surface area (Å²) in [4.78, 5) is 11.3. The van der Waals surface area contributed by atoms with Crippen LogP contribution in [0, 0.1) is 0 Å². The highest BCUT2D eigenvalue weighted by atomic mass is 16.5. The van der Waals surface area contributed by atoms with Crippen molar-refractivity contribution in [1.29, 1.82) is 0 Å². The number of benzene rings is 1. The lowest BCUT2D eigenvalue weighted by molar-refractivity contribution is 0.0931. The first-order valence-corrected chi connectivity index (χ1v) is 5.28. The zero-order valence-corrected chi connectivity index (χ0v) is 9.47. The van der Waals surface area contributed by atoms with Gasteiger partial charge in [-0.2, -0.15) is 0 Å². The van der Waals surface area contributed by atoms with Crippen LogP contribution in [0.1, 0.15) is 16.3 Å². The fourth-order valence-corrected chi connectivity index (χ4v) is 1.37. The predicted octanol–water partition coefficient (Wildman–Crippen LogP) is 2.22. The molecular weight excluding hydrogens is 218 g/mol. The summed E-state index contributed by atoms with van der Waals surface area (Å²) in [6.45, 7) is 0.307. The number of rotatable bonds is 4. The first kappa shape index (κ1) is 11.3. The van der Waals surface area contributed by atoms with Crippen LogP contribution in [0.25, 0.3) is 0 Å². The molecule has 1 N–H and O–H groups in total. The number of ether oxygens (including phenoxy) is 1. The summed E-state index contributed by atoms with van der Waals surface area (Å²) in [5.74, 6) is 1.44. The lowest BCUT2D eigenvalue weighted by Gasteiger charge is -2.02. The van der Waals surface area contributed by atoms with Crippen LogP contribution >= 0.6 is 0 Å². The van der Waals surface area contributed by atoms with E-state index in [1.807, 2.05) is 30.3 Å². The quantitative estimate of drug-likeness (QED) is 0.877. The largest absolute Gasteiger partial charge is 0.486 e. The summed E-state index contributed by atoms with van der Waals surface area (Å²) in [7, 11) is 1.56. The highest BCUT2D eigenvalue weighted by Gasteiger charge is 2.09. The monoisotopic (exact) mass is 231 g/mol. The zero-order valence-electron chi connectivity index (χ0n) is 9.47. The zero-order chi connectivity index (χ0) is 12.1. The van der Waals surface area contributed by atoms with Gasteiger partial charge >= 0.3 is 0 Å². The number of hydrogen-bond acceptors (Lipinski definition) is 3. The number of hydrogen-bond donors (Lipinski definition) is 1. The van der Waals surface area contributed by atoms with Gasteiger partial charge in [-0.05, 0) is 24.3 Å². The second kappa shape index (κ2) is 5.21. The van der Waals surface area contributed by atoms with Crippen LogP contribution < -0.4 is 10.1 Å². The first-order chi connectivity index (χ1) is 8.29. The molecule has 0 saturated carbocycles. The molecule has 2 aromatic rings. The van der Waals surface area contributed by atoms with Gasteiger partial charge in [0.25, 0.3) is 5.91 Å². The molecule has 0 atom stereocenters. The highest BCUT2D eigenvalue weighted by Crippen LogP contribution is 2.13. The second-order valence-corrected chi connectivity index (χ2v) is 3.45. The van der Waals surface area contributed by atoms with Crippen LogP contribution in [0.2, 0.25) is 0 Å². The van der Waals surface area contributed by atoms with Crippen LogP contribution in [0.4, 0.5) is 0 Å². The normalized spacial score (nSPS) is 9.94. The van der Waals surface area contributed by atoms with E-state index < -0.39 is 0 Å². The maximum absolute atomic E-state index is 11.3. The van der Waals surface area contributed by atoms with E-state index in [9.17, 15) is 4.79 Å². The van der Waals surface area contributed by atoms with Crippen molar-refractivity contribution in [3.63, 3.8) is 0 Å². The molecule has 4 nitrogen and oxygen atoms in total. The Morgan fingerprint density at radius 2 is 2.00 bits per heavy atom. The van der Waals surface area contributed by atoms with Crippen molar-refractivity contribution < 1.29 is 13.9 Å². The molecule has 0 saturated heterocycles. The van der Waals surface area contributed by atoms with Crippen molar-refractivity contribution in [2.75, 3.05) is 7.05 Å². The molecule has 1 aromatic heterocycles. The van der Waals surface area contributed by atoms with Gasteiger partial charge in [-0.3, -0.25) is 4.79 Å². The first-order valence-electron chi connectivity index (χ1n) is 5.28. The molecule has 2 rings (SSSR count). The maximum Gasteiger partial charge on any atom is 0.286 e. The Kier molecular flexibility index (Phi) is 3.45. The van der Waals surface area contributed by atoms with Crippen LogP contribution in [-0.2, 0) is 6.61 Å². The number of furan rings is 1. The van der Waals surface area contributed by atoms with E-state index in [1.54, 1.807) is 19.2 Å². The van der Waals surface area contributed by atoms with E-state index in [2.05, 4.69) is 5.32 Å². The van der Waals surface area contributed by atoms with E-state index in [-0.39, 0.29) is 5.91 Å². The van der Waals surface area contributed by atoms with E-state index in [1.165, 1.54) is 0 Å². The van der Waals surface area contributed by atoms with Gasteiger partial charge in [-0.1, -0.05) is 18.2 Å². The van der Waals surface area contributed by atoms with Crippen LogP contribution in [0.3, 0.4) is 0 Å². The molecule has 0 fully saturated rings. The molecule has 0 unspecified atom stereocenters. The Hall–Kier alpha value is -2.23. The van der Waals surface area contributed by atoms with Gasteiger partial charge < -0.3 is 14.5 Å². The average Bonchev–Trinajstić information content (AvgIpc) is 2.85. The fourth-order valence-electron chi connectivity index (χ4n) is 1.37. The smallest absolute Gasteiger partial charge is 0.286 e. The summed E-state index contributed by atoms with van der Waals surface area (Å²) in [6, 6.07) is 12.8. The summed E-state index contributed by atoms with van der Waals surface area (Å²) in [5, 5.41) is 2.49. The molecule has 1 heterocycles. The van der Waals surface area contributed by atoms with Crippen LogP contribution in [-0.4, -0.2) is 13.0 Å². The number of nitrogens with one attached hydrogen (secondary N) is 1. The van der Waals surface area contributed by atoms with Crippen molar-refractivity contribution in [3.05, 3.63) is 54.0 Å². The molecule has 1 amide bonds. The standard InChI is InChI=1S/C13H13NO3/c1-14-13(15)12-8-7-11(17-12)9-16-10-5-3-2-4-6-10/h2-8H,9H2,1H3,(H,14,15). The van der Waals surface area contributed by atoms with Gasteiger partial charge in [-0.15, -0.1) is 0 Å². The van der Waals surface area contributed by atoms with Crippen LogP contribution in [0.15, 0.2) is 46.9 Å². The van der Waals surface area contributed by atoms with E-state index in [0.717, 1.165) is 5.75 Å². The summed E-state index contributed by atoms with van der Waals surface area (Å²) in [6.07, 6.45) is 0. The lowest BCUT2D eigenvalue weighted by Crippen LogP contribution is -2.16. The molecule has 0 aliphatic heterocycles. The summed E-state index contributed by atoms with van der Waals surface area (Å²) >= 11 is 0. The van der Waals surface area contributed by atoms with Gasteiger partial charge in [0.15, 0.2) is 5.76 Å².